The fourth-order valence-corrected chi connectivity index (χ4v) is 4.81. The minimum absolute atomic E-state index is 0.0929. The third kappa shape index (κ3) is 3.88. The van der Waals surface area contributed by atoms with Gasteiger partial charge in [-0.3, -0.25) is 4.98 Å². The molecular formula is C16H23N5O3S. The smallest absolute Gasteiger partial charge is 0.262 e. The Hall–Kier alpha value is -1.84. The number of sulfonamides is 1. The van der Waals surface area contributed by atoms with Crippen LogP contribution >= 0.6 is 0 Å². The predicted molar refractivity (Wildman–Crippen MR) is 91.1 cm³/mol. The van der Waals surface area contributed by atoms with Crippen LogP contribution in [0.25, 0.3) is 0 Å². The van der Waals surface area contributed by atoms with Crippen LogP contribution in [0.4, 0.5) is 0 Å². The molecule has 1 saturated heterocycles. The molecular weight excluding hydrogens is 342 g/mol. The number of rotatable bonds is 6. The molecule has 0 spiro atoms. The van der Waals surface area contributed by atoms with Gasteiger partial charge < -0.3 is 4.74 Å². The van der Waals surface area contributed by atoms with E-state index in [9.17, 15) is 8.42 Å². The molecule has 0 aromatic carbocycles. The molecule has 1 aliphatic heterocycles. The van der Waals surface area contributed by atoms with Crippen molar-refractivity contribution in [3.05, 3.63) is 36.3 Å². The Morgan fingerprint density at radius 3 is 2.72 bits per heavy atom. The molecule has 8 nitrogen and oxygen atoms in total. The topological polar surface area (TPSA) is 90.2 Å². The molecule has 25 heavy (non-hydrogen) atoms. The van der Waals surface area contributed by atoms with E-state index in [2.05, 4.69) is 15.3 Å². The molecule has 2 aromatic rings. The molecule has 0 N–H and O–H groups in total. The van der Waals surface area contributed by atoms with E-state index in [0.717, 1.165) is 18.4 Å². The van der Waals surface area contributed by atoms with Crippen molar-refractivity contribution in [2.24, 2.45) is 13.0 Å². The van der Waals surface area contributed by atoms with Crippen LogP contribution in [0.5, 0.6) is 0 Å². The molecule has 9 heteroatoms. The van der Waals surface area contributed by atoms with Crippen molar-refractivity contribution in [3.63, 3.8) is 0 Å². The molecule has 0 aliphatic carbocycles. The molecule has 0 bridgehead atoms. The van der Waals surface area contributed by atoms with E-state index < -0.39 is 10.0 Å². The highest BCUT2D eigenvalue weighted by atomic mass is 32.2. The molecule has 0 saturated carbocycles. The zero-order valence-electron chi connectivity index (χ0n) is 14.4. The van der Waals surface area contributed by atoms with Crippen molar-refractivity contribution >= 4 is 10.0 Å². The van der Waals surface area contributed by atoms with Crippen molar-refractivity contribution in [3.8, 4) is 0 Å². The average Bonchev–Trinajstić information content (AvgIpc) is 3.07. The Morgan fingerprint density at radius 2 is 2.12 bits per heavy atom. The Labute approximate surface area is 147 Å². The van der Waals surface area contributed by atoms with Crippen LogP contribution in [-0.4, -0.2) is 52.5 Å². The lowest BCUT2D eigenvalue weighted by Crippen LogP contribution is -2.39. The van der Waals surface area contributed by atoms with E-state index in [1.807, 2.05) is 19.1 Å². The molecule has 136 valence electrons. The number of pyridine rings is 1. The number of hydrogen-bond donors (Lipinski definition) is 0. The zero-order valence-corrected chi connectivity index (χ0v) is 15.3. The van der Waals surface area contributed by atoms with Gasteiger partial charge in [-0.05, 0) is 37.3 Å². The van der Waals surface area contributed by atoms with Crippen LogP contribution < -0.4 is 0 Å². The molecule has 1 aliphatic rings. The van der Waals surface area contributed by atoms with Gasteiger partial charge in [0.2, 0.25) is 0 Å². The van der Waals surface area contributed by atoms with Gasteiger partial charge in [0.15, 0.2) is 5.03 Å². The SMILES string of the molecule is CC(c1cccnc1)N(CC1CCOCC1)S(=O)(=O)c1cnnn1C. The van der Waals surface area contributed by atoms with E-state index in [1.54, 1.807) is 23.7 Å². The van der Waals surface area contributed by atoms with Crippen molar-refractivity contribution in [1.82, 2.24) is 24.3 Å². The summed E-state index contributed by atoms with van der Waals surface area (Å²) in [6.07, 6.45) is 6.39. The average molecular weight is 365 g/mol. The van der Waals surface area contributed by atoms with Crippen molar-refractivity contribution in [1.29, 1.82) is 0 Å². The van der Waals surface area contributed by atoms with E-state index in [1.165, 1.54) is 10.9 Å². The molecule has 1 atom stereocenters. The Kier molecular flexibility index (Phi) is 5.45. The van der Waals surface area contributed by atoms with Gasteiger partial charge in [-0.25, -0.2) is 13.1 Å². The van der Waals surface area contributed by atoms with Gasteiger partial charge in [-0.1, -0.05) is 11.3 Å². The number of ether oxygens (including phenoxy) is 1. The lowest BCUT2D eigenvalue weighted by molar-refractivity contribution is 0.0581. The van der Waals surface area contributed by atoms with Crippen molar-refractivity contribution in [2.75, 3.05) is 19.8 Å². The quantitative estimate of drug-likeness (QED) is 0.768. The molecule has 3 rings (SSSR count). The van der Waals surface area contributed by atoms with Crippen LogP contribution in [0.2, 0.25) is 0 Å². The summed E-state index contributed by atoms with van der Waals surface area (Å²) in [7, 11) is -2.15. The maximum absolute atomic E-state index is 13.3. The molecule has 1 fully saturated rings. The molecule has 3 heterocycles. The monoisotopic (exact) mass is 365 g/mol. The maximum Gasteiger partial charge on any atom is 0.262 e. The van der Waals surface area contributed by atoms with Crippen LogP contribution in [0.15, 0.2) is 35.7 Å². The van der Waals surface area contributed by atoms with E-state index in [0.29, 0.717) is 19.8 Å². The number of aryl methyl sites for hydroxylation is 1. The second-order valence-electron chi connectivity index (χ2n) is 6.29. The minimum Gasteiger partial charge on any atom is -0.381 e. The zero-order chi connectivity index (χ0) is 17.9. The fraction of sp³-hybridized carbons (Fsp3) is 0.562. The summed E-state index contributed by atoms with van der Waals surface area (Å²) >= 11 is 0. The third-order valence-electron chi connectivity index (χ3n) is 4.62. The second kappa shape index (κ2) is 7.59. The Bertz CT molecular complexity index is 787. The summed E-state index contributed by atoms with van der Waals surface area (Å²) in [6.45, 7) is 3.67. The summed E-state index contributed by atoms with van der Waals surface area (Å²) in [5.41, 5.74) is 0.855. The van der Waals surface area contributed by atoms with Crippen LogP contribution in [0.3, 0.4) is 0 Å². The lowest BCUT2D eigenvalue weighted by Gasteiger charge is -2.33. The van der Waals surface area contributed by atoms with Gasteiger partial charge >= 0.3 is 0 Å². The van der Waals surface area contributed by atoms with Gasteiger partial charge in [0.05, 0.1) is 6.20 Å². The Balaban J connectivity index is 1.95. The molecule has 2 aromatic heterocycles. The lowest BCUT2D eigenvalue weighted by atomic mass is 9.99. The highest BCUT2D eigenvalue weighted by molar-refractivity contribution is 7.89. The van der Waals surface area contributed by atoms with E-state index >= 15 is 0 Å². The normalized spacial score (nSPS) is 17.7. The standard InChI is InChI=1S/C16H23N5O3S/c1-13(15-4-3-7-17-10-15)21(12-14-5-8-24-9-6-14)25(22,23)16-11-18-19-20(16)2/h3-4,7,10-11,13-14H,5-6,8-9,12H2,1-2H3. The first-order chi connectivity index (χ1) is 12.0. The highest BCUT2D eigenvalue weighted by Crippen LogP contribution is 2.29. The minimum atomic E-state index is -3.73. The number of aromatic nitrogens is 4. The first kappa shape index (κ1) is 18.0. The summed E-state index contributed by atoms with van der Waals surface area (Å²) in [4.78, 5) is 4.13. The molecule has 0 amide bonds. The Morgan fingerprint density at radius 1 is 1.36 bits per heavy atom. The van der Waals surface area contributed by atoms with Crippen molar-refractivity contribution in [2.45, 2.75) is 30.8 Å². The fourth-order valence-electron chi connectivity index (χ4n) is 3.07. The molecule has 1 unspecified atom stereocenters. The first-order valence-electron chi connectivity index (χ1n) is 8.34. The van der Waals surface area contributed by atoms with Crippen LogP contribution in [-0.2, 0) is 21.8 Å². The van der Waals surface area contributed by atoms with E-state index in [4.69, 9.17) is 4.74 Å². The highest BCUT2D eigenvalue weighted by Gasteiger charge is 2.34. The predicted octanol–water partition coefficient (Wildman–Crippen LogP) is 1.39. The summed E-state index contributed by atoms with van der Waals surface area (Å²) < 4.78 is 34.8. The summed E-state index contributed by atoms with van der Waals surface area (Å²) in [6, 6.07) is 3.37. The van der Waals surface area contributed by atoms with Gasteiger partial charge in [0.25, 0.3) is 10.0 Å². The van der Waals surface area contributed by atoms with Gasteiger partial charge in [0.1, 0.15) is 0 Å². The first-order valence-corrected chi connectivity index (χ1v) is 9.78. The third-order valence-corrected chi connectivity index (χ3v) is 6.60. The summed E-state index contributed by atoms with van der Waals surface area (Å²) in [5, 5.41) is 7.59. The van der Waals surface area contributed by atoms with Crippen molar-refractivity contribution < 1.29 is 13.2 Å². The van der Waals surface area contributed by atoms with Gasteiger partial charge in [-0.15, -0.1) is 5.10 Å². The van der Waals surface area contributed by atoms with Gasteiger partial charge in [0, 0.05) is 45.2 Å². The number of nitrogens with zero attached hydrogens (tertiary/aromatic N) is 5. The van der Waals surface area contributed by atoms with Crippen LogP contribution in [0.1, 0.15) is 31.4 Å². The number of hydrogen-bond acceptors (Lipinski definition) is 6. The molecule has 0 radical (unpaired) electrons. The van der Waals surface area contributed by atoms with Crippen LogP contribution in [0, 0.1) is 5.92 Å². The van der Waals surface area contributed by atoms with Gasteiger partial charge in [-0.2, -0.15) is 4.31 Å². The second-order valence-corrected chi connectivity index (χ2v) is 8.13. The maximum atomic E-state index is 13.3. The summed E-state index contributed by atoms with van der Waals surface area (Å²) in [5.74, 6) is 0.267. The van der Waals surface area contributed by atoms with E-state index in [-0.39, 0.29) is 17.0 Å². The largest absolute Gasteiger partial charge is 0.381 e.